The Morgan fingerprint density at radius 1 is 0.911 bits per heavy atom. The Hall–Kier alpha value is -5.69. The summed E-state index contributed by atoms with van der Waals surface area (Å²) in [6, 6.07) is 23.0. The molecule has 7 aromatic rings. The normalized spacial score (nSPS) is 11.4. The molecule has 0 aliphatic rings. The third-order valence-corrected chi connectivity index (χ3v) is 8.27. The van der Waals surface area contributed by atoms with E-state index in [1.165, 1.54) is 37.3 Å². The molecule has 4 heterocycles. The lowest BCUT2D eigenvalue weighted by molar-refractivity contribution is 0.411. The zero-order valence-corrected chi connectivity index (χ0v) is 24.9. The van der Waals surface area contributed by atoms with Crippen molar-refractivity contribution in [2.75, 3.05) is 20.0 Å². The van der Waals surface area contributed by atoms with E-state index >= 15 is 0 Å². The maximum absolute atomic E-state index is 14.5. The Labute approximate surface area is 259 Å². The molecule has 0 atom stereocenters. The first-order valence-electron chi connectivity index (χ1n) is 13.8. The second kappa shape index (κ2) is 11.4. The average Bonchev–Trinajstić information content (AvgIpc) is 3.63. The molecule has 13 heteroatoms. The van der Waals surface area contributed by atoms with Crippen molar-refractivity contribution in [3.8, 4) is 28.4 Å². The van der Waals surface area contributed by atoms with E-state index in [1.807, 2.05) is 60.7 Å². The number of halogens is 1. The molecule has 0 aliphatic heterocycles. The molecule has 45 heavy (non-hydrogen) atoms. The predicted octanol–water partition coefficient (Wildman–Crippen LogP) is 5.23. The topological polar surface area (TPSA) is 127 Å². The van der Waals surface area contributed by atoms with E-state index < -0.39 is 5.82 Å². The highest BCUT2D eigenvalue weighted by Crippen LogP contribution is 2.34. The molecule has 11 nitrogen and oxygen atoms in total. The van der Waals surface area contributed by atoms with Crippen molar-refractivity contribution >= 4 is 34.1 Å². The van der Waals surface area contributed by atoms with Gasteiger partial charge in [-0.3, -0.25) is 9.36 Å². The molecule has 0 bridgehead atoms. The number of nitrogens with zero attached hydrogens (tertiary/aromatic N) is 7. The molecular formula is C32H25FN8O3S. The van der Waals surface area contributed by atoms with Gasteiger partial charge in [0, 0.05) is 27.6 Å². The largest absolute Gasteiger partial charge is 0.497 e. The van der Waals surface area contributed by atoms with Gasteiger partial charge >= 0.3 is 0 Å². The summed E-state index contributed by atoms with van der Waals surface area (Å²) in [6.07, 6.45) is 3.09. The van der Waals surface area contributed by atoms with Gasteiger partial charge in [-0.2, -0.15) is 10.2 Å². The van der Waals surface area contributed by atoms with Gasteiger partial charge in [0.15, 0.2) is 11.5 Å². The first kappa shape index (κ1) is 28.1. The predicted molar refractivity (Wildman–Crippen MR) is 169 cm³/mol. The van der Waals surface area contributed by atoms with Gasteiger partial charge in [0.05, 0.1) is 25.3 Å². The van der Waals surface area contributed by atoms with E-state index in [0.717, 1.165) is 15.5 Å². The highest BCUT2D eigenvalue weighted by atomic mass is 32.2. The summed E-state index contributed by atoms with van der Waals surface area (Å²) in [6.45, 7) is 0.0377. The summed E-state index contributed by atoms with van der Waals surface area (Å²) in [5.74, 6) is 1.11. The summed E-state index contributed by atoms with van der Waals surface area (Å²) in [4.78, 5) is 24.6. The van der Waals surface area contributed by atoms with Gasteiger partial charge in [0.2, 0.25) is 0 Å². The van der Waals surface area contributed by atoms with Crippen LogP contribution in [0.25, 0.3) is 33.5 Å². The number of benzene rings is 3. The number of rotatable bonds is 8. The number of hydrogen-bond acceptors (Lipinski definition) is 9. The molecule has 2 N–H and O–H groups in total. The number of nitrogen functional groups attached to an aromatic ring is 1. The van der Waals surface area contributed by atoms with Crippen molar-refractivity contribution in [3.05, 3.63) is 113 Å². The molecule has 224 valence electrons. The lowest BCUT2D eigenvalue weighted by Crippen LogP contribution is -2.28. The average molecular weight is 621 g/mol. The molecule has 0 unspecified atom stereocenters. The van der Waals surface area contributed by atoms with Crippen LogP contribution < -0.4 is 20.8 Å². The van der Waals surface area contributed by atoms with Crippen LogP contribution in [-0.2, 0) is 6.54 Å². The minimum atomic E-state index is -0.497. The second-order valence-electron chi connectivity index (χ2n) is 9.99. The Kier molecular flexibility index (Phi) is 7.14. The zero-order valence-electron chi connectivity index (χ0n) is 24.1. The fourth-order valence-corrected chi connectivity index (χ4v) is 6.18. The lowest BCUT2D eigenvalue weighted by Gasteiger charge is -2.14. The number of methoxy groups -OCH3 is 2. The monoisotopic (exact) mass is 620 g/mol. The minimum Gasteiger partial charge on any atom is -0.497 e. The third-order valence-electron chi connectivity index (χ3n) is 7.23. The van der Waals surface area contributed by atoms with Crippen LogP contribution >= 0.6 is 11.8 Å². The standard InChI is InChI=1S/C32H25FN8O3S/c1-43-22-9-6-10-24(16-22)45-25-11-12-39-29(25)32(42)41(21-7-4-3-5-8-21)26(37-39)17-40-31-27(30(34)35-18-36-31)28(38-40)19-13-20(33)15-23(14-19)44-2/h3-16,18H,17H2,1-2H3,(H2,34,35,36). The van der Waals surface area contributed by atoms with Crippen LogP contribution in [0.5, 0.6) is 11.5 Å². The summed E-state index contributed by atoms with van der Waals surface area (Å²) < 4.78 is 29.9. The first-order valence-corrected chi connectivity index (χ1v) is 14.6. The van der Waals surface area contributed by atoms with Gasteiger partial charge in [-0.1, -0.05) is 36.0 Å². The summed E-state index contributed by atoms with van der Waals surface area (Å²) in [7, 11) is 3.07. The fraction of sp³-hybridized carbons (Fsp3) is 0.0938. The first-order chi connectivity index (χ1) is 21.9. The van der Waals surface area contributed by atoms with Crippen molar-refractivity contribution in [1.29, 1.82) is 0 Å². The zero-order chi connectivity index (χ0) is 31.1. The van der Waals surface area contributed by atoms with Crippen LogP contribution in [0.4, 0.5) is 10.2 Å². The smallest absolute Gasteiger partial charge is 0.283 e. The van der Waals surface area contributed by atoms with Gasteiger partial charge in [-0.05, 0) is 48.5 Å². The summed E-state index contributed by atoms with van der Waals surface area (Å²) >= 11 is 1.45. The Morgan fingerprint density at radius 2 is 1.73 bits per heavy atom. The van der Waals surface area contributed by atoms with E-state index in [9.17, 15) is 9.18 Å². The number of anilines is 1. The van der Waals surface area contributed by atoms with E-state index in [2.05, 4.69) is 9.97 Å². The minimum absolute atomic E-state index is 0.0377. The van der Waals surface area contributed by atoms with E-state index in [0.29, 0.717) is 45.1 Å². The van der Waals surface area contributed by atoms with E-state index in [1.54, 1.807) is 33.1 Å². The molecule has 0 spiro atoms. The van der Waals surface area contributed by atoms with Crippen LogP contribution in [-0.4, -0.2) is 48.1 Å². The molecule has 0 aliphatic carbocycles. The Bertz CT molecular complexity index is 2270. The van der Waals surface area contributed by atoms with Crippen LogP contribution in [0.1, 0.15) is 5.82 Å². The highest BCUT2D eigenvalue weighted by Gasteiger charge is 2.22. The SMILES string of the molecule is COc1cccc(Sc2ccn3nc(Cn4nc(-c5cc(F)cc(OC)c5)c5c(N)ncnc54)n(-c4ccccc4)c(=O)c23)c1. The maximum atomic E-state index is 14.5. The molecule has 4 aromatic heterocycles. The van der Waals surface area contributed by atoms with Crippen LogP contribution in [0, 0.1) is 5.82 Å². The fourth-order valence-electron chi connectivity index (χ4n) is 5.20. The van der Waals surface area contributed by atoms with E-state index in [4.69, 9.17) is 25.4 Å². The third kappa shape index (κ3) is 5.12. The van der Waals surface area contributed by atoms with Gasteiger partial charge in [0.1, 0.15) is 47.2 Å². The molecule has 3 aromatic carbocycles. The number of hydrogen-bond donors (Lipinski definition) is 1. The van der Waals surface area contributed by atoms with Crippen molar-refractivity contribution in [2.45, 2.75) is 16.3 Å². The van der Waals surface area contributed by atoms with Crippen molar-refractivity contribution < 1.29 is 13.9 Å². The number of aromatic nitrogens is 7. The van der Waals surface area contributed by atoms with Crippen molar-refractivity contribution in [3.63, 3.8) is 0 Å². The van der Waals surface area contributed by atoms with Gasteiger partial charge in [-0.25, -0.2) is 23.6 Å². The number of nitrogens with two attached hydrogens (primary N) is 1. The van der Waals surface area contributed by atoms with Crippen LogP contribution in [0.15, 0.2) is 106 Å². The summed E-state index contributed by atoms with van der Waals surface area (Å²) in [5.41, 5.74) is 8.29. The number of ether oxygens (including phenoxy) is 2. The van der Waals surface area contributed by atoms with Crippen molar-refractivity contribution in [1.82, 2.24) is 33.9 Å². The summed E-state index contributed by atoms with van der Waals surface area (Å²) in [5, 5.41) is 10.1. The van der Waals surface area contributed by atoms with Gasteiger partial charge < -0.3 is 15.2 Å². The quantitative estimate of drug-likeness (QED) is 0.243. The van der Waals surface area contributed by atoms with Crippen LogP contribution in [0.2, 0.25) is 0 Å². The van der Waals surface area contributed by atoms with Crippen molar-refractivity contribution in [2.24, 2.45) is 0 Å². The molecule has 0 saturated carbocycles. The van der Waals surface area contributed by atoms with E-state index in [-0.39, 0.29) is 17.9 Å². The molecule has 0 amide bonds. The Balaban J connectivity index is 1.40. The highest BCUT2D eigenvalue weighted by molar-refractivity contribution is 7.99. The number of fused-ring (bicyclic) bond motifs is 2. The van der Waals surface area contributed by atoms with Gasteiger partial charge in [-0.15, -0.1) is 0 Å². The molecule has 0 saturated heterocycles. The molecule has 0 fully saturated rings. The van der Waals surface area contributed by atoms with Crippen LogP contribution in [0.3, 0.4) is 0 Å². The number of para-hydroxylation sites is 1. The lowest BCUT2D eigenvalue weighted by atomic mass is 10.1. The van der Waals surface area contributed by atoms with Gasteiger partial charge in [0.25, 0.3) is 5.56 Å². The Morgan fingerprint density at radius 3 is 2.53 bits per heavy atom. The maximum Gasteiger partial charge on any atom is 0.283 e. The molecule has 7 rings (SSSR count). The molecule has 0 radical (unpaired) electrons. The second-order valence-corrected chi connectivity index (χ2v) is 11.1. The molecular weight excluding hydrogens is 595 g/mol.